The Morgan fingerprint density at radius 1 is 1.07 bits per heavy atom. The van der Waals surface area contributed by atoms with Crippen LogP contribution in [0.3, 0.4) is 0 Å². The van der Waals surface area contributed by atoms with Gasteiger partial charge in [-0.15, -0.1) is 11.3 Å². The lowest BCUT2D eigenvalue weighted by molar-refractivity contribution is 0.0342. The molecule has 7 heteroatoms. The lowest BCUT2D eigenvalue weighted by Crippen LogP contribution is -2.35. The summed E-state index contributed by atoms with van der Waals surface area (Å²) in [6, 6.07) is 8.23. The van der Waals surface area contributed by atoms with E-state index in [1.807, 2.05) is 6.07 Å². The number of aryl methyl sites for hydroxylation is 2. The summed E-state index contributed by atoms with van der Waals surface area (Å²) in [7, 11) is 0. The summed E-state index contributed by atoms with van der Waals surface area (Å²) in [6.07, 6.45) is 1.77. The van der Waals surface area contributed by atoms with Crippen LogP contribution in [0.15, 0.2) is 35.8 Å². The molecule has 2 aromatic heterocycles. The van der Waals surface area contributed by atoms with Crippen LogP contribution >= 0.6 is 11.3 Å². The van der Waals surface area contributed by atoms with Gasteiger partial charge in [0.2, 0.25) is 5.95 Å². The van der Waals surface area contributed by atoms with Crippen LogP contribution in [0.2, 0.25) is 0 Å². The van der Waals surface area contributed by atoms with Gasteiger partial charge in [0, 0.05) is 30.4 Å². The Hall–Kier alpha value is -2.35. The topological polar surface area (TPSA) is 63.2 Å². The third-order valence-corrected chi connectivity index (χ3v) is 5.24. The molecule has 0 saturated carbocycles. The fraction of sp³-hybridized carbons (Fsp3) is 0.350. The summed E-state index contributed by atoms with van der Waals surface area (Å²) in [6.45, 7) is 8.57. The molecule has 1 fully saturated rings. The molecule has 6 nitrogen and oxygen atoms in total. The molecule has 1 aromatic carbocycles. The second-order valence-corrected chi connectivity index (χ2v) is 7.72. The number of ether oxygens (including phenoxy) is 1. The van der Waals surface area contributed by atoms with Crippen molar-refractivity contribution < 1.29 is 4.74 Å². The van der Waals surface area contributed by atoms with Crippen molar-refractivity contribution in [2.75, 3.05) is 31.6 Å². The van der Waals surface area contributed by atoms with E-state index in [4.69, 9.17) is 9.72 Å². The minimum atomic E-state index is 0.584. The van der Waals surface area contributed by atoms with Crippen molar-refractivity contribution in [2.24, 2.45) is 0 Å². The van der Waals surface area contributed by atoms with Crippen LogP contribution in [-0.4, -0.2) is 46.2 Å². The van der Waals surface area contributed by atoms with Gasteiger partial charge in [-0.3, -0.25) is 4.90 Å². The number of benzene rings is 1. The Kier molecular flexibility index (Phi) is 5.42. The third-order valence-electron chi connectivity index (χ3n) is 4.41. The first-order valence-corrected chi connectivity index (χ1v) is 9.97. The number of hydrogen-bond donors (Lipinski definition) is 1. The predicted octanol–water partition coefficient (Wildman–Crippen LogP) is 3.79. The summed E-state index contributed by atoms with van der Waals surface area (Å²) in [5.41, 5.74) is 5.15. The van der Waals surface area contributed by atoms with Gasteiger partial charge < -0.3 is 10.1 Å². The fourth-order valence-corrected chi connectivity index (χ4v) is 4.02. The maximum atomic E-state index is 5.41. The van der Waals surface area contributed by atoms with E-state index in [9.17, 15) is 0 Å². The molecule has 0 bridgehead atoms. The normalized spacial score (nSPS) is 15.0. The maximum Gasteiger partial charge on any atom is 0.227 e. The molecule has 0 spiro atoms. The van der Waals surface area contributed by atoms with Gasteiger partial charge in [-0.25, -0.2) is 15.0 Å². The van der Waals surface area contributed by atoms with Crippen LogP contribution in [-0.2, 0) is 11.3 Å². The Morgan fingerprint density at radius 3 is 2.63 bits per heavy atom. The van der Waals surface area contributed by atoms with Gasteiger partial charge in [0.05, 0.1) is 25.5 Å². The quantitative estimate of drug-likeness (QED) is 0.725. The summed E-state index contributed by atoms with van der Waals surface area (Å²) in [5.74, 6) is 0.584. The molecular weight excluding hydrogens is 358 g/mol. The maximum absolute atomic E-state index is 5.41. The number of thiazole rings is 1. The number of nitrogens with one attached hydrogen (secondary N) is 1. The standard InChI is InChI=1S/C20H23N5OS/c1-14-9-15(2)11-16(10-14)22-20-21-4-3-17(24-20)18-13-27-19(23-18)12-25-5-7-26-8-6-25/h3-4,9-11,13H,5-8,12H2,1-2H3,(H,21,22,24). The lowest BCUT2D eigenvalue weighted by Gasteiger charge is -2.25. The Bertz CT molecular complexity index is 900. The van der Waals surface area contributed by atoms with Crippen LogP contribution in [0.5, 0.6) is 0 Å². The Labute approximate surface area is 163 Å². The van der Waals surface area contributed by atoms with E-state index < -0.39 is 0 Å². The largest absolute Gasteiger partial charge is 0.379 e. The van der Waals surface area contributed by atoms with Crippen LogP contribution in [0, 0.1) is 13.8 Å². The Balaban J connectivity index is 1.49. The van der Waals surface area contributed by atoms with Crippen molar-refractivity contribution in [1.82, 2.24) is 19.9 Å². The molecule has 1 saturated heterocycles. The van der Waals surface area contributed by atoms with Crippen LogP contribution in [0.4, 0.5) is 11.6 Å². The lowest BCUT2D eigenvalue weighted by atomic mass is 10.1. The van der Waals surface area contributed by atoms with Crippen LogP contribution in [0.25, 0.3) is 11.4 Å². The number of anilines is 2. The minimum Gasteiger partial charge on any atom is -0.379 e. The third kappa shape index (κ3) is 4.68. The summed E-state index contributed by atoms with van der Waals surface area (Å²) in [5, 5.41) is 6.47. The monoisotopic (exact) mass is 381 g/mol. The molecule has 0 atom stereocenters. The van der Waals surface area contributed by atoms with Crippen molar-refractivity contribution in [3.63, 3.8) is 0 Å². The van der Waals surface area contributed by atoms with Gasteiger partial charge in [0.25, 0.3) is 0 Å². The molecule has 0 amide bonds. The molecule has 27 heavy (non-hydrogen) atoms. The van der Waals surface area contributed by atoms with E-state index >= 15 is 0 Å². The minimum absolute atomic E-state index is 0.584. The average Bonchev–Trinajstić information content (AvgIpc) is 3.10. The summed E-state index contributed by atoms with van der Waals surface area (Å²) in [4.78, 5) is 16.1. The number of morpholine rings is 1. The van der Waals surface area contributed by atoms with Crippen molar-refractivity contribution >= 4 is 23.0 Å². The van der Waals surface area contributed by atoms with E-state index in [1.165, 1.54) is 11.1 Å². The fourth-order valence-electron chi connectivity index (χ4n) is 3.19. The molecule has 0 radical (unpaired) electrons. The summed E-state index contributed by atoms with van der Waals surface area (Å²) >= 11 is 1.68. The molecule has 3 aromatic rings. The van der Waals surface area contributed by atoms with Crippen molar-refractivity contribution in [3.8, 4) is 11.4 Å². The second kappa shape index (κ2) is 8.12. The number of aromatic nitrogens is 3. The number of rotatable bonds is 5. The predicted molar refractivity (Wildman–Crippen MR) is 108 cm³/mol. The van der Waals surface area contributed by atoms with E-state index in [2.05, 4.69) is 57.6 Å². The summed E-state index contributed by atoms with van der Waals surface area (Å²) < 4.78 is 5.41. The molecule has 1 N–H and O–H groups in total. The van der Waals surface area contributed by atoms with E-state index in [-0.39, 0.29) is 0 Å². The molecule has 4 rings (SSSR count). The second-order valence-electron chi connectivity index (χ2n) is 6.78. The van der Waals surface area contributed by atoms with Crippen LogP contribution < -0.4 is 5.32 Å². The van der Waals surface area contributed by atoms with E-state index in [0.717, 1.165) is 54.9 Å². The molecule has 1 aliphatic heterocycles. The van der Waals surface area contributed by atoms with Crippen molar-refractivity contribution in [2.45, 2.75) is 20.4 Å². The highest BCUT2D eigenvalue weighted by molar-refractivity contribution is 7.09. The number of hydrogen-bond acceptors (Lipinski definition) is 7. The molecule has 140 valence electrons. The van der Waals surface area contributed by atoms with Gasteiger partial charge in [0.1, 0.15) is 10.7 Å². The van der Waals surface area contributed by atoms with E-state index in [1.54, 1.807) is 17.5 Å². The molecular formula is C20H23N5OS. The first-order valence-electron chi connectivity index (χ1n) is 9.09. The van der Waals surface area contributed by atoms with Crippen LogP contribution in [0.1, 0.15) is 16.1 Å². The highest BCUT2D eigenvalue weighted by atomic mass is 32.1. The van der Waals surface area contributed by atoms with Gasteiger partial charge in [0.15, 0.2) is 0 Å². The molecule has 3 heterocycles. The zero-order valence-electron chi connectivity index (χ0n) is 15.6. The smallest absolute Gasteiger partial charge is 0.227 e. The number of nitrogens with zero attached hydrogens (tertiary/aromatic N) is 4. The van der Waals surface area contributed by atoms with Gasteiger partial charge >= 0.3 is 0 Å². The average molecular weight is 382 g/mol. The van der Waals surface area contributed by atoms with Crippen molar-refractivity contribution in [1.29, 1.82) is 0 Å². The highest BCUT2D eigenvalue weighted by Crippen LogP contribution is 2.23. The highest BCUT2D eigenvalue weighted by Gasteiger charge is 2.14. The van der Waals surface area contributed by atoms with Gasteiger partial charge in [-0.05, 0) is 43.2 Å². The first-order chi connectivity index (χ1) is 13.2. The van der Waals surface area contributed by atoms with Gasteiger partial charge in [-0.2, -0.15) is 0 Å². The zero-order chi connectivity index (χ0) is 18.6. The Morgan fingerprint density at radius 2 is 1.85 bits per heavy atom. The van der Waals surface area contributed by atoms with E-state index in [0.29, 0.717) is 5.95 Å². The van der Waals surface area contributed by atoms with Gasteiger partial charge in [-0.1, -0.05) is 6.07 Å². The molecule has 0 unspecified atom stereocenters. The molecule has 1 aliphatic rings. The zero-order valence-corrected chi connectivity index (χ0v) is 16.4. The van der Waals surface area contributed by atoms with Crippen molar-refractivity contribution in [3.05, 3.63) is 52.0 Å². The SMILES string of the molecule is Cc1cc(C)cc(Nc2nccc(-c3csc(CN4CCOCC4)n3)n2)c1. The molecule has 0 aliphatic carbocycles. The first kappa shape index (κ1) is 18.0.